The molecule has 1 heterocycles. The minimum Gasteiger partial charge on any atom is -0.449 e. The van der Waals surface area contributed by atoms with Gasteiger partial charge in [0.15, 0.2) is 5.13 Å². The predicted molar refractivity (Wildman–Crippen MR) is 102 cm³/mol. The van der Waals surface area contributed by atoms with Crippen molar-refractivity contribution in [3.8, 4) is 0 Å². The topological polar surface area (TPSA) is 140 Å². The van der Waals surface area contributed by atoms with E-state index in [1.807, 2.05) is 13.8 Å². The molecule has 0 fully saturated rings. The van der Waals surface area contributed by atoms with Gasteiger partial charge in [0.1, 0.15) is 0 Å². The van der Waals surface area contributed by atoms with Crippen molar-refractivity contribution in [3.05, 3.63) is 35.3 Å². The first-order valence-corrected chi connectivity index (χ1v) is 10.4. The van der Waals surface area contributed by atoms with Gasteiger partial charge in [-0.3, -0.25) is 10.1 Å². The fraction of sp³-hybridized carbons (Fsp3) is 0.312. The van der Waals surface area contributed by atoms with Crippen LogP contribution in [0.15, 0.2) is 34.5 Å². The Balaban J connectivity index is 1.87. The van der Waals surface area contributed by atoms with Gasteiger partial charge in [0.25, 0.3) is 0 Å². The molecule has 2 amide bonds. The van der Waals surface area contributed by atoms with Crippen LogP contribution in [-0.4, -0.2) is 32.0 Å². The largest absolute Gasteiger partial charge is 0.449 e. The zero-order valence-corrected chi connectivity index (χ0v) is 16.4. The van der Waals surface area contributed by atoms with Crippen LogP contribution in [-0.2, 0) is 26.0 Å². The summed E-state index contributed by atoms with van der Waals surface area (Å²) in [5.41, 5.74) is 0.913. The smallest absolute Gasteiger partial charge is 0.413 e. The second-order valence-electron chi connectivity index (χ2n) is 6.06. The van der Waals surface area contributed by atoms with Crippen molar-refractivity contribution in [2.24, 2.45) is 11.1 Å². The number of aromatic nitrogens is 1. The summed E-state index contributed by atoms with van der Waals surface area (Å²) in [6.45, 7) is 4.16. The molecule has 2 rings (SSSR count). The van der Waals surface area contributed by atoms with Crippen LogP contribution >= 0.6 is 11.3 Å². The number of hydrogen-bond donors (Lipinski definition) is 3. The van der Waals surface area contributed by atoms with Gasteiger partial charge >= 0.3 is 6.09 Å². The molecular formula is C16H20N4O5S2. The van der Waals surface area contributed by atoms with Crippen LogP contribution < -0.4 is 15.8 Å². The van der Waals surface area contributed by atoms with E-state index in [1.165, 1.54) is 35.6 Å². The molecular weight excluding hydrogens is 392 g/mol. The van der Waals surface area contributed by atoms with Crippen LogP contribution in [0.2, 0.25) is 0 Å². The average molecular weight is 412 g/mol. The van der Waals surface area contributed by atoms with Crippen molar-refractivity contribution >= 4 is 44.2 Å². The molecule has 2 aromatic rings. The second kappa shape index (κ2) is 8.93. The highest BCUT2D eigenvalue weighted by molar-refractivity contribution is 7.89. The van der Waals surface area contributed by atoms with Gasteiger partial charge in [-0.15, -0.1) is 11.3 Å². The molecule has 0 radical (unpaired) electrons. The lowest BCUT2D eigenvalue weighted by Gasteiger charge is -2.06. The van der Waals surface area contributed by atoms with Crippen molar-refractivity contribution in [1.29, 1.82) is 0 Å². The highest BCUT2D eigenvalue weighted by Gasteiger charge is 2.12. The van der Waals surface area contributed by atoms with Crippen LogP contribution in [0.3, 0.4) is 0 Å². The number of ether oxygens (including phenoxy) is 1. The van der Waals surface area contributed by atoms with Crippen molar-refractivity contribution in [2.75, 3.05) is 17.2 Å². The Morgan fingerprint density at radius 2 is 1.89 bits per heavy atom. The van der Waals surface area contributed by atoms with E-state index in [1.54, 1.807) is 5.38 Å². The monoisotopic (exact) mass is 412 g/mol. The Morgan fingerprint density at radius 3 is 2.48 bits per heavy atom. The average Bonchev–Trinajstić information content (AvgIpc) is 2.99. The second-order valence-corrected chi connectivity index (χ2v) is 8.48. The number of nitrogens with two attached hydrogens (primary N) is 1. The van der Waals surface area contributed by atoms with Crippen LogP contribution in [0.25, 0.3) is 0 Å². The quantitative estimate of drug-likeness (QED) is 0.636. The van der Waals surface area contributed by atoms with E-state index in [0.29, 0.717) is 23.1 Å². The van der Waals surface area contributed by atoms with Gasteiger partial charge in [-0.05, 0) is 30.2 Å². The van der Waals surface area contributed by atoms with E-state index in [2.05, 4.69) is 15.6 Å². The van der Waals surface area contributed by atoms with E-state index in [-0.39, 0.29) is 23.1 Å². The van der Waals surface area contributed by atoms with E-state index < -0.39 is 16.1 Å². The zero-order valence-electron chi connectivity index (χ0n) is 14.8. The Hall–Kier alpha value is -2.50. The number of thiazole rings is 1. The van der Waals surface area contributed by atoms with Gasteiger partial charge in [-0.25, -0.2) is 23.3 Å². The molecule has 0 aliphatic heterocycles. The van der Waals surface area contributed by atoms with Crippen LogP contribution in [0.5, 0.6) is 0 Å². The number of primary sulfonamides is 1. The lowest BCUT2D eigenvalue weighted by atomic mass is 10.2. The minimum atomic E-state index is -3.78. The van der Waals surface area contributed by atoms with E-state index in [0.717, 1.165) is 0 Å². The standard InChI is InChI=1S/C16H20N4O5S2/c1-10(2)8-25-16(22)20-15-19-12(9-26-15)7-14(21)18-11-3-5-13(6-4-11)27(17,23)24/h3-6,9-10H,7-8H2,1-2H3,(H,18,21)(H2,17,23,24)(H,19,20,22). The van der Waals surface area contributed by atoms with Gasteiger partial charge in [0, 0.05) is 11.1 Å². The van der Waals surface area contributed by atoms with E-state index >= 15 is 0 Å². The number of benzene rings is 1. The molecule has 11 heteroatoms. The number of carbonyl (C=O) groups excluding carboxylic acids is 2. The van der Waals surface area contributed by atoms with Gasteiger partial charge in [-0.1, -0.05) is 13.8 Å². The van der Waals surface area contributed by atoms with Gasteiger partial charge in [-0.2, -0.15) is 0 Å². The number of nitrogens with zero attached hydrogens (tertiary/aromatic N) is 1. The Bertz CT molecular complexity index is 907. The maximum absolute atomic E-state index is 12.1. The molecule has 0 saturated heterocycles. The molecule has 0 spiro atoms. The molecule has 0 bridgehead atoms. The molecule has 0 aliphatic carbocycles. The first kappa shape index (κ1) is 20.8. The lowest BCUT2D eigenvalue weighted by Crippen LogP contribution is -2.17. The van der Waals surface area contributed by atoms with Crippen molar-refractivity contribution < 1.29 is 22.7 Å². The highest BCUT2D eigenvalue weighted by Crippen LogP contribution is 2.17. The molecule has 146 valence electrons. The summed E-state index contributed by atoms with van der Waals surface area (Å²) in [5, 5.41) is 12.1. The molecule has 0 unspecified atom stereocenters. The fourth-order valence-electron chi connectivity index (χ4n) is 1.91. The fourth-order valence-corrected chi connectivity index (χ4v) is 3.12. The molecule has 1 aromatic heterocycles. The molecule has 0 atom stereocenters. The third kappa shape index (κ3) is 6.96. The van der Waals surface area contributed by atoms with Crippen LogP contribution in [0.1, 0.15) is 19.5 Å². The third-order valence-electron chi connectivity index (χ3n) is 3.12. The molecule has 27 heavy (non-hydrogen) atoms. The van der Waals surface area contributed by atoms with E-state index in [9.17, 15) is 18.0 Å². The molecule has 0 aliphatic rings. The van der Waals surface area contributed by atoms with Crippen molar-refractivity contribution in [3.63, 3.8) is 0 Å². The molecule has 0 saturated carbocycles. The van der Waals surface area contributed by atoms with Gasteiger partial charge in [0.2, 0.25) is 15.9 Å². The third-order valence-corrected chi connectivity index (χ3v) is 4.85. The number of hydrogen-bond acceptors (Lipinski definition) is 7. The lowest BCUT2D eigenvalue weighted by molar-refractivity contribution is -0.115. The first-order valence-electron chi connectivity index (χ1n) is 7.94. The summed E-state index contributed by atoms with van der Waals surface area (Å²) in [5.74, 6) is -0.108. The Labute approximate surface area is 161 Å². The van der Waals surface area contributed by atoms with Crippen molar-refractivity contribution in [1.82, 2.24) is 4.98 Å². The normalized spacial score (nSPS) is 11.3. The van der Waals surface area contributed by atoms with E-state index in [4.69, 9.17) is 9.88 Å². The number of amides is 2. The summed E-state index contributed by atoms with van der Waals surface area (Å²) in [6.07, 6.45) is -0.597. The number of anilines is 2. The molecule has 4 N–H and O–H groups in total. The van der Waals surface area contributed by atoms with Crippen molar-refractivity contribution in [2.45, 2.75) is 25.2 Å². The Kier molecular flexibility index (Phi) is 6.88. The summed E-state index contributed by atoms with van der Waals surface area (Å²) in [4.78, 5) is 27.8. The summed E-state index contributed by atoms with van der Waals surface area (Å²) >= 11 is 1.18. The zero-order chi connectivity index (χ0) is 20.0. The van der Waals surface area contributed by atoms with Gasteiger partial charge < -0.3 is 10.1 Å². The van der Waals surface area contributed by atoms with Gasteiger partial charge in [0.05, 0.1) is 23.6 Å². The van der Waals surface area contributed by atoms with Crippen LogP contribution in [0, 0.1) is 5.92 Å². The molecule has 9 nitrogen and oxygen atoms in total. The summed E-state index contributed by atoms with van der Waals surface area (Å²) in [6, 6.07) is 5.49. The number of nitrogens with one attached hydrogen (secondary N) is 2. The summed E-state index contributed by atoms with van der Waals surface area (Å²) < 4.78 is 27.4. The maximum Gasteiger partial charge on any atom is 0.413 e. The van der Waals surface area contributed by atoms with Crippen LogP contribution in [0.4, 0.5) is 15.6 Å². The SMILES string of the molecule is CC(C)COC(=O)Nc1nc(CC(=O)Nc2ccc(S(N)(=O)=O)cc2)cs1. The number of carbonyl (C=O) groups is 2. The predicted octanol–water partition coefficient (Wildman–Crippen LogP) is 2.18. The first-order chi connectivity index (χ1) is 12.6. The minimum absolute atomic E-state index is 0.00381. The molecule has 1 aromatic carbocycles. The summed E-state index contributed by atoms with van der Waals surface area (Å²) in [7, 11) is -3.78. The maximum atomic E-state index is 12.1. The number of sulfonamides is 1. The number of rotatable bonds is 7. The highest BCUT2D eigenvalue weighted by atomic mass is 32.2. The Morgan fingerprint density at radius 1 is 1.22 bits per heavy atom.